The second-order valence-electron chi connectivity index (χ2n) is 13.3. The van der Waals surface area contributed by atoms with Gasteiger partial charge in [-0.2, -0.15) is 10.5 Å². The normalized spacial score (nSPS) is 14.5. The van der Waals surface area contributed by atoms with E-state index in [0.717, 1.165) is 31.2 Å². The van der Waals surface area contributed by atoms with Crippen LogP contribution < -0.4 is 9.47 Å². The minimum atomic E-state index is -0.329. The minimum absolute atomic E-state index is 0.0199. The lowest BCUT2D eigenvalue weighted by molar-refractivity contribution is -0.137. The van der Waals surface area contributed by atoms with E-state index >= 15 is 0 Å². The van der Waals surface area contributed by atoms with E-state index in [4.69, 9.17) is 9.47 Å². The molecule has 2 rings (SSSR count). The van der Waals surface area contributed by atoms with Crippen molar-refractivity contribution in [2.75, 3.05) is 0 Å². The molecule has 2 unspecified atom stereocenters. The number of nitriles is 2. The molecular weight excluding hydrogens is 540 g/mol. The van der Waals surface area contributed by atoms with E-state index in [9.17, 15) is 20.1 Å². The molecule has 0 saturated heterocycles. The Labute approximate surface area is 249 Å². The SMILES string of the molecule is CCCCc1cc(OC(=O)CC(C)CC(C)(C)C)c2c(c1OC(=O)CC(C)CC(C)(C)C)SC(=C(C#N)C#N)S2. The minimum Gasteiger partial charge on any atom is -0.425 e. The number of esters is 2. The number of hydrogen-bond donors (Lipinski definition) is 0. The molecule has 40 heavy (non-hydrogen) atoms. The van der Waals surface area contributed by atoms with Crippen molar-refractivity contribution >= 4 is 35.5 Å². The Morgan fingerprint density at radius 2 is 1.38 bits per heavy atom. The molecular formula is C32H44N2O4S2. The summed E-state index contributed by atoms with van der Waals surface area (Å²) in [5.41, 5.74) is 0.961. The summed E-state index contributed by atoms with van der Waals surface area (Å²) in [6, 6.07) is 5.71. The van der Waals surface area contributed by atoms with Crippen LogP contribution in [0.2, 0.25) is 0 Å². The number of benzene rings is 1. The number of ether oxygens (including phenoxy) is 2. The monoisotopic (exact) mass is 584 g/mol. The van der Waals surface area contributed by atoms with Gasteiger partial charge in [0.1, 0.15) is 29.2 Å². The average Bonchev–Trinajstić information content (AvgIpc) is 3.23. The molecule has 0 N–H and O–H groups in total. The van der Waals surface area contributed by atoms with E-state index in [1.165, 1.54) is 23.5 Å². The molecule has 0 bridgehead atoms. The fraction of sp³-hybridized carbons (Fsp3) is 0.625. The highest BCUT2D eigenvalue weighted by Crippen LogP contribution is 2.60. The molecule has 0 spiro atoms. The van der Waals surface area contributed by atoms with Gasteiger partial charge in [-0.1, -0.05) is 92.3 Å². The third kappa shape index (κ3) is 10.5. The zero-order valence-corrected chi connectivity index (χ0v) is 27.2. The fourth-order valence-corrected chi connectivity index (χ4v) is 7.65. The van der Waals surface area contributed by atoms with Crippen LogP contribution >= 0.6 is 23.5 Å². The van der Waals surface area contributed by atoms with Gasteiger partial charge in [0.15, 0.2) is 0 Å². The summed E-state index contributed by atoms with van der Waals surface area (Å²) in [5, 5.41) is 19.0. The number of rotatable bonds is 11. The molecule has 0 aromatic heterocycles. The predicted molar refractivity (Wildman–Crippen MR) is 162 cm³/mol. The molecule has 0 fully saturated rings. The second kappa shape index (κ2) is 14.5. The number of unbranched alkanes of at least 4 members (excludes halogenated alkanes) is 1. The highest BCUT2D eigenvalue weighted by molar-refractivity contribution is 8.24. The summed E-state index contributed by atoms with van der Waals surface area (Å²) >= 11 is 2.45. The third-order valence-electron chi connectivity index (χ3n) is 6.24. The number of hydrogen-bond acceptors (Lipinski definition) is 8. The van der Waals surface area contributed by atoms with E-state index in [-0.39, 0.29) is 53.0 Å². The molecule has 0 aliphatic carbocycles. The van der Waals surface area contributed by atoms with Crippen molar-refractivity contribution in [3.05, 3.63) is 21.4 Å². The van der Waals surface area contributed by atoms with Crippen molar-refractivity contribution in [2.45, 2.75) is 117 Å². The summed E-state index contributed by atoms with van der Waals surface area (Å²) in [6.45, 7) is 19.1. The molecule has 6 nitrogen and oxygen atoms in total. The molecule has 2 atom stereocenters. The van der Waals surface area contributed by atoms with Crippen molar-refractivity contribution in [1.82, 2.24) is 0 Å². The molecule has 1 heterocycles. The zero-order chi connectivity index (χ0) is 30.3. The number of allylic oxidation sites excluding steroid dienone is 1. The Morgan fingerprint density at radius 1 is 0.875 bits per heavy atom. The summed E-state index contributed by atoms with van der Waals surface area (Å²) in [4.78, 5) is 27.4. The van der Waals surface area contributed by atoms with Gasteiger partial charge >= 0.3 is 11.9 Å². The second-order valence-corrected chi connectivity index (χ2v) is 15.6. The first-order valence-corrected chi connectivity index (χ1v) is 15.7. The lowest BCUT2D eigenvalue weighted by Gasteiger charge is -2.23. The fourth-order valence-electron chi connectivity index (χ4n) is 5.13. The van der Waals surface area contributed by atoms with Crippen molar-refractivity contribution in [1.29, 1.82) is 10.5 Å². The van der Waals surface area contributed by atoms with Gasteiger partial charge in [-0.15, -0.1) is 0 Å². The van der Waals surface area contributed by atoms with Gasteiger partial charge in [0.25, 0.3) is 0 Å². The van der Waals surface area contributed by atoms with Crippen LogP contribution in [0.3, 0.4) is 0 Å². The van der Waals surface area contributed by atoms with Crippen molar-refractivity contribution < 1.29 is 19.1 Å². The molecule has 0 saturated carbocycles. The van der Waals surface area contributed by atoms with Gasteiger partial charge < -0.3 is 9.47 Å². The maximum Gasteiger partial charge on any atom is 0.311 e. The molecule has 8 heteroatoms. The van der Waals surface area contributed by atoms with Gasteiger partial charge in [-0.25, -0.2) is 0 Å². The number of aryl methyl sites for hydroxylation is 1. The van der Waals surface area contributed by atoms with E-state index < -0.39 is 0 Å². The van der Waals surface area contributed by atoms with Crippen LogP contribution in [0.15, 0.2) is 25.7 Å². The molecule has 1 aromatic carbocycles. The first-order valence-electron chi connectivity index (χ1n) is 14.1. The lowest BCUT2D eigenvalue weighted by Crippen LogP contribution is -2.19. The Morgan fingerprint density at radius 3 is 1.85 bits per heavy atom. The molecule has 1 aliphatic heterocycles. The Bertz CT molecular complexity index is 1190. The van der Waals surface area contributed by atoms with Crippen LogP contribution in [0.1, 0.15) is 106 Å². The van der Waals surface area contributed by atoms with Gasteiger partial charge in [0, 0.05) is 12.8 Å². The van der Waals surface area contributed by atoms with Gasteiger partial charge in [-0.05, 0) is 60.0 Å². The maximum absolute atomic E-state index is 13.1. The number of fused-ring (bicyclic) bond motifs is 1. The van der Waals surface area contributed by atoms with Crippen LogP contribution in [-0.2, 0) is 16.0 Å². The first-order chi connectivity index (χ1) is 18.6. The quantitative estimate of drug-likeness (QED) is 0.144. The highest BCUT2D eigenvalue weighted by Gasteiger charge is 2.33. The van der Waals surface area contributed by atoms with Crippen molar-refractivity contribution in [2.24, 2.45) is 22.7 Å². The van der Waals surface area contributed by atoms with E-state index in [0.29, 0.717) is 31.9 Å². The number of thioether (sulfide) groups is 2. The van der Waals surface area contributed by atoms with Crippen LogP contribution in [0.5, 0.6) is 11.5 Å². The topological polar surface area (TPSA) is 100 Å². The Balaban J connectivity index is 2.49. The maximum atomic E-state index is 13.1. The molecule has 0 radical (unpaired) electrons. The van der Waals surface area contributed by atoms with Crippen LogP contribution in [0.25, 0.3) is 0 Å². The highest BCUT2D eigenvalue weighted by atomic mass is 32.2. The number of nitrogens with zero attached hydrogens (tertiary/aromatic N) is 2. The zero-order valence-electron chi connectivity index (χ0n) is 25.5. The summed E-state index contributed by atoms with van der Waals surface area (Å²) in [5.74, 6) is 0.483. The van der Waals surface area contributed by atoms with Gasteiger partial charge in [0.2, 0.25) is 0 Å². The third-order valence-corrected chi connectivity index (χ3v) is 8.85. The Kier molecular flexibility index (Phi) is 12.2. The van der Waals surface area contributed by atoms with Gasteiger partial charge in [0.05, 0.1) is 14.0 Å². The van der Waals surface area contributed by atoms with E-state index in [2.05, 4.69) is 55.4 Å². The summed E-state index contributed by atoms with van der Waals surface area (Å²) in [7, 11) is 0. The number of carbonyl (C=O) groups is 2. The van der Waals surface area contributed by atoms with Crippen LogP contribution in [0, 0.1) is 45.3 Å². The lowest BCUT2D eigenvalue weighted by atomic mass is 9.84. The van der Waals surface area contributed by atoms with Crippen LogP contribution in [0.4, 0.5) is 0 Å². The summed E-state index contributed by atoms with van der Waals surface area (Å²) < 4.78 is 12.5. The largest absolute Gasteiger partial charge is 0.425 e. The summed E-state index contributed by atoms with van der Waals surface area (Å²) in [6.07, 6.45) is 4.77. The Hall–Kier alpha value is -2.42. The van der Waals surface area contributed by atoms with E-state index in [1.54, 1.807) is 6.07 Å². The van der Waals surface area contributed by atoms with Gasteiger partial charge in [-0.3, -0.25) is 9.59 Å². The van der Waals surface area contributed by atoms with Crippen molar-refractivity contribution in [3.63, 3.8) is 0 Å². The molecule has 218 valence electrons. The average molecular weight is 585 g/mol. The standard InChI is InChI=1S/C32H44N2O4S2/c1-10-11-12-22-15-24(37-25(35)13-20(2)16-31(4,5)6)28-29(40-30(39-28)23(18-33)19-34)27(22)38-26(36)14-21(3)17-32(7,8)9/h15,20-21H,10-14,16-17H2,1-9H3. The molecule has 1 aromatic rings. The smallest absolute Gasteiger partial charge is 0.311 e. The first kappa shape index (κ1) is 33.8. The molecule has 1 aliphatic rings. The molecule has 0 amide bonds. The predicted octanol–water partition coefficient (Wildman–Crippen LogP) is 9.22. The van der Waals surface area contributed by atoms with E-state index in [1.807, 2.05) is 19.1 Å². The van der Waals surface area contributed by atoms with Crippen LogP contribution in [-0.4, -0.2) is 11.9 Å². The number of carbonyl (C=O) groups excluding carboxylic acids is 2. The van der Waals surface area contributed by atoms with Crippen molar-refractivity contribution in [3.8, 4) is 23.6 Å².